The summed E-state index contributed by atoms with van der Waals surface area (Å²) in [6, 6.07) is 13.6. The lowest BCUT2D eigenvalue weighted by atomic mass is 10.2. The summed E-state index contributed by atoms with van der Waals surface area (Å²) in [5, 5.41) is 18.2. The number of nitrogens with one attached hydrogen (secondary N) is 1. The summed E-state index contributed by atoms with van der Waals surface area (Å²) in [7, 11) is 0. The molecule has 0 amide bonds. The Labute approximate surface area is 114 Å². The van der Waals surface area contributed by atoms with Crippen molar-refractivity contribution >= 4 is 23.3 Å². The molecule has 0 aliphatic heterocycles. The molecule has 0 saturated carbocycles. The molecule has 0 unspecified atom stereocenters. The molecular formula is C13H11N3O2S. The van der Waals surface area contributed by atoms with Crippen LogP contribution in [0, 0.1) is 15.5 Å². The second-order valence-electron chi connectivity index (χ2n) is 3.76. The topological polar surface area (TPSA) is 93.0 Å². The maximum Gasteiger partial charge on any atom is 0.283 e. The second-order valence-corrected chi connectivity index (χ2v) is 4.88. The molecule has 0 spiro atoms. The first-order chi connectivity index (χ1) is 9.08. The highest BCUT2D eigenvalue weighted by Gasteiger charge is 2.13. The van der Waals surface area contributed by atoms with Crippen LogP contribution in [0.5, 0.6) is 0 Å². The van der Waals surface area contributed by atoms with Crippen molar-refractivity contribution in [2.24, 2.45) is 5.73 Å². The molecular weight excluding hydrogens is 262 g/mol. The molecule has 2 rings (SSSR count). The van der Waals surface area contributed by atoms with E-state index in [2.05, 4.69) is 0 Å². The van der Waals surface area contributed by atoms with Crippen molar-refractivity contribution in [1.29, 1.82) is 5.41 Å². The molecule has 19 heavy (non-hydrogen) atoms. The zero-order valence-electron chi connectivity index (χ0n) is 9.87. The smallest absolute Gasteiger partial charge is 0.283 e. The molecule has 96 valence electrons. The van der Waals surface area contributed by atoms with Gasteiger partial charge in [0.05, 0.1) is 9.82 Å². The quantitative estimate of drug-likeness (QED) is 0.387. The van der Waals surface area contributed by atoms with Gasteiger partial charge in [0.1, 0.15) is 5.84 Å². The molecule has 0 atom stereocenters. The fraction of sp³-hybridized carbons (Fsp3) is 0. The third kappa shape index (κ3) is 3.11. The third-order valence-electron chi connectivity index (χ3n) is 2.46. The lowest BCUT2D eigenvalue weighted by Gasteiger charge is -2.04. The van der Waals surface area contributed by atoms with Crippen molar-refractivity contribution in [3.63, 3.8) is 0 Å². The average molecular weight is 273 g/mol. The van der Waals surface area contributed by atoms with Crippen molar-refractivity contribution in [1.82, 2.24) is 0 Å². The van der Waals surface area contributed by atoms with Crippen LogP contribution in [-0.4, -0.2) is 10.8 Å². The SMILES string of the molecule is N=C(N)c1ccc(Sc2ccccc2[N+](=O)[O-])cc1. The molecule has 0 heterocycles. The lowest BCUT2D eigenvalue weighted by Crippen LogP contribution is -2.10. The molecule has 5 nitrogen and oxygen atoms in total. The van der Waals surface area contributed by atoms with Crippen LogP contribution in [0.3, 0.4) is 0 Å². The van der Waals surface area contributed by atoms with Crippen LogP contribution in [0.2, 0.25) is 0 Å². The van der Waals surface area contributed by atoms with Crippen molar-refractivity contribution in [3.8, 4) is 0 Å². The molecule has 0 aliphatic carbocycles. The monoisotopic (exact) mass is 273 g/mol. The maximum atomic E-state index is 10.9. The number of rotatable bonds is 4. The summed E-state index contributed by atoms with van der Waals surface area (Å²) in [6.45, 7) is 0. The molecule has 0 aliphatic rings. The fourth-order valence-electron chi connectivity index (χ4n) is 1.52. The van der Waals surface area contributed by atoms with Gasteiger partial charge in [-0.1, -0.05) is 36.0 Å². The van der Waals surface area contributed by atoms with Crippen LogP contribution >= 0.6 is 11.8 Å². The second kappa shape index (κ2) is 5.53. The van der Waals surface area contributed by atoms with Gasteiger partial charge < -0.3 is 5.73 Å². The first-order valence-electron chi connectivity index (χ1n) is 5.43. The van der Waals surface area contributed by atoms with Gasteiger partial charge in [-0.3, -0.25) is 15.5 Å². The molecule has 2 aromatic carbocycles. The number of nitrogen functional groups attached to an aromatic ring is 1. The molecule has 0 saturated heterocycles. The summed E-state index contributed by atoms with van der Waals surface area (Å²) < 4.78 is 0. The molecule has 0 radical (unpaired) electrons. The summed E-state index contributed by atoms with van der Waals surface area (Å²) in [6.07, 6.45) is 0. The number of nitrogens with two attached hydrogens (primary N) is 1. The van der Waals surface area contributed by atoms with Crippen molar-refractivity contribution in [2.75, 3.05) is 0 Å². The van der Waals surface area contributed by atoms with E-state index in [0.29, 0.717) is 10.5 Å². The zero-order valence-corrected chi connectivity index (χ0v) is 10.7. The van der Waals surface area contributed by atoms with E-state index in [1.54, 1.807) is 42.5 Å². The average Bonchev–Trinajstić information content (AvgIpc) is 2.39. The van der Waals surface area contributed by atoms with E-state index in [9.17, 15) is 10.1 Å². The van der Waals surface area contributed by atoms with Crippen molar-refractivity contribution in [3.05, 3.63) is 64.2 Å². The van der Waals surface area contributed by atoms with Gasteiger partial charge in [-0.05, 0) is 18.2 Å². The molecule has 2 aromatic rings. The van der Waals surface area contributed by atoms with E-state index in [1.807, 2.05) is 0 Å². The van der Waals surface area contributed by atoms with E-state index in [0.717, 1.165) is 4.90 Å². The molecule has 0 fully saturated rings. The Morgan fingerprint density at radius 3 is 2.37 bits per heavy atom. The lowest BCUT2D eigenvalue weighted by molar-refractivity contribution is -0.387. The summed E-state index contributed by atoms with van der Waals surface area (Å²) in [5.74, 6) is 0.00208. The number of hydrogen-bond acceptors (Lipinski definition) is 4. The summed E-state index contributed by atoms with van der Waals surface area (Å²) >= 11 is 1.31. The number of nitro benzene ring substituents is 1. The van der Waals surface area contributed by atoms with Gasteiger partial charge in [0.2, 0.25) is 0 Å². The van der Waals surface area contributed by atoms with Crippen LogP contribution in [0.25, 0.3) is 0 Å². The van der Waals surface area contributed by atoms with Crippen LogP contribution in [0.15, 0.2) is 58.3 Å². The minimum absolute atomic E-state index is 0.00208. The van der Waals surface area contributed by atoms with Gasteiger partial charge >= 0.3 is 0 Å². The highest BCUT2D eigenvalue weighted by molar-refractivity contribution is 7.99. The molecule has 0 bridgehead atoms. The van der Waals surface area contributed by atoms with Crippen LogP contribution in [-0.2, 0) is 0 Å². The van der Waals surface area contributed by atoms with Gasteiger partial charge in [-0.2, -0.15) is 0 Å². The van der Waals surface area contributed by atoms with Crippen molar-refractivity contribution < 1.29 is 4.92 Å². The predicted octanol–water partition coefficient (Wildman–Crippen LogP) is 3.03. The van der Waals surface area contributed by atoms with Gasteiger partial charge in [0, 0.05) is 16.5 Å². The van der Waals surface area contributed by atoms with Crippen LogP contribution in [0.1, 0.15) is 5.56 Å². The fourth-order valence-corrected chi connectivity index (χ4v) is 2.44. The molecule has 3 N–H and O–H groups in total. The van der Waals surface area contributed by atoms with E-state index in [-0.39, 0.29) is 11.5 Å². The molecule has 6 heteroatoms. The summed E-state index contributed by atoms with van der Waals surface area (Å²) in [5.41, 5.74) is 6.09. The van der Waals surface area contributed by atoms with Gasteiger partial charge in [-0.25, -0.2) is 0 Å². The number of hydrogen-bond donors (Lipinski definition) is 2. The first kappa shape index (κ1) is 13.1. The van der Waals surface area contributed by atoms with E-state index >= 15 is 0 Å². The number of nitro groups is 1. The number of benzene rings is 2. The van der Waals surface area contributed by atoms with Gasteiger partial charge in [0.15, 0.2) is 0 Å². The van der Waals surface area contributed by atoms with Gasteiger partial charge in [0.25, 0.3) is 5.69 Å². The standard InChI is InChI=1S/C13H11N3O2S/c14-13(15)9-5-7-10(8-6-9)19-12-4-2-1-3-11(12)16(17)18/h1-8H,(H3,14,15). The maximum absolute atomic E-state index is 10.9. The van der Waals surface area contributed by atoms with E-state index in [1.165, 1.54) is 17.8 Å². The minimum Gasteiger partial charge on any atom is -0.384 e. The van der Waals surface area contributed by atoms with Crippen molar-refractivity contribution in [2.45, 2.75) is 9.79 Å². The Morgan fingerprint density at radius 2 is 1.79 bits per heavy atom. The van der Waals surface area contributed by atoms with Crippen LogP contribution in [0.4, 0.5) is 5.69 Å². The van der Waals surface area contributed by atoms with E-state index < -0.39 is 4.92 Å². The minimum atomic E-state index is -0.397. The highest BCUT2D eigenvalue weighted by atomic mass is 32.2. The Kier molecular flexibility index (Phi) is 3.82. The molecule has 0 aromatic heterocycles. The summed E-state index contributed by atoms with van der Waals surface area (Å²) in [4.78, 5) is 12.0. The Bertz CT molecular complexity index is 626. The Balaban J connectivity index is 2.26. The van der Waals surface area contributed by atoms with Gasteiger partial charge in [-0.15, -0.1) is 0 Å². The normalized spacial score (nSPS) is 10.1. The Hall–Kier alpha value is -2.34. The van der Waals surface area contributed by atoms with E-state index in [4.69, 9.17) is 11.1 Å². The number of nitrogens with zero attached hydrogens (tertiary/aromatic N) is 1. The van der Waals surface area contributed by atoms with Crippen LogP contribution < -0.4 is 5.73 Å². The highest BCUT2D eigenvalue weighted by Crippen LogP contribution is 2.34. The zero-order chi connectivity index (χ0) is 13.8. The third-order valence-corrected chi connectivity index (χ3v) is 3.53. The number of para-hydroxylation sites is 1. The predicted molar refractivity (Wildman–Crippen MR) is 74.7 cm³/mol. The number of amidine groups is 1. The largest absolute Gasteiger partial charge is 0.384 e. The Morgan fingerprint density at radius 1 is 1.16 bits per heavy atom. The first-order valence-corrected chi connectivity index (χ1v) is 6.25.